The summed E-state index contributed by atoms with van der Waals surface area (Å²) in [6, 6.07) is 46.0. The summed E-state index contributed by atoms with van der Waals surface area (Å²) < 4.78 is 14.9. The van der Waals surface area contributed by atoms with E-state index in [-0.39, 0.29) is 0 Å². The van der Waals surface area contributed by atoms with Crippen molar-refractivity contribution in [2.75, 3.05) is 5.73 Å². The van der Waals surface area contributed by atoms with Crippen molar-refractivity contribution in [2.45, 2.75) is 6.61 Å². The first-order valence-electron chi connectivity index (χ1n) is 13.7. The molecule has 2 heterocycles. The smallest absolute Gasteiger partial charge is 0.154 e. The fourth-order valence-electron chi connectivity index (χ4n) is 5.92. The van der Waals surface area contributed by atoms with Gasteiger partial charge in [-0.25, -0.2) is 0 Å². The standard InChI is InChI=1S/C37H26N2O2/c38-31-19-21-35-36(30-22-26(16-20-34(30)41-35)25-8-2-1-3-9-25)37(31)40-23-24-14-17-27(18-15-24)39-32-12-6-4-10-28(32)29-11-5-7-13-33(29)39/h1-22H,23,38H2. The average molecular weight is 531 g/mol. The van der Waals surface area contributed by atoms with Crippen LogP contribution in [0.5, 0.6) is 5.75 Å². The number of furan rings is 1. The quantitative estimate of drug-likeness (QED) is 0.225. The molecule has 0 saturated heterocycles. The second-order valence-corrected chi connectivity index (χ2v) is 10.4. The van der Waals surface area contributed by atoms with E-state index >= 15 is 0 Å². The molecule has 2 aromatic heterocycles. The zero-order valence-electron chi connectivity index (χ0n) is 22.2. The molecule has 0 saturated carbocycles. The summed E-state index contributed by atoms with van der Waals surface area (Å²) in [5.74, 6) is 0.651. The molecule has 0 bridgehead atoms. The van der Waals surface area contributed by atoms with Gasteiger partial charge in [0, 0.05) is 21.8 Å². The first kappa shape index (κ1) is 23.4. The van der Waals surface area contributed by atoms with Gasteiger partial charge >= 0.3 is 0 Å². The van der Waals surface area contributed by atoms with E-state index in [4.69, 9.17) is 14.9 Å². The highest BCUT2D eigenvalue weighted by Crippen LogP contribution is 2.41. The summed E-state index contributed by atoms with van der Waals surface area (Å²) in [4.78, 5) is 0. The van der Waals surface area contributed by atoms with Crippen molar-refractivity contribution in [3.8, 4) is 22.6 Å². The van der Waals surface area contributed by atoms with Crippen LogP contribution in [-0.2, 0) is 6.61 Å². The van der Waals surface area contributed by atoms with Crippen molar-refractivity contribution in [1.29, 1.82) is 0 Å². The van der Waals surface area contributed by atoms with Gasteiger partial charge in [0.1, 0.15) is 17.8 Å². The normalized spacial score (nSPS) is 11.6. The molecule has 0 radical (unpaired) electrons. The van der Waals surface area contributed by atoms with Crippen molar-refractivity contribution >= 4 is 49.4 Å². The van der Waals surface area contributed by atoms with Gasteiger partial charge in [-0.05, 0) is 65.2 Å². The van der Waals surface area contributed by atoms with Crippen molar-refractivity contribution in [3.05, 3.63) is 139 Å². The minimum atomic E-state index is 0.391. The molecule has 2 N–H and O–H groups in total. The molecular formula is C37H26N2O2. The second kappa shape index (κ2) is 9.32. The Balaban J connectivity index is 1.15. The van der Waals surface area contributed by atoms with Crippen LogP contribution in [-0.4, -0.2) is 4.57 Å². The van der Waals surface area contributed by atoms with Gasteiger partial charge in [-0.1, -0.05) is 84.9 Å². The Kier molecular flexibility index (Phi) is 5.32. The molecule has 8 rings (SSSR count). The van der Waals surface area contributed by atoms with Crippen molar-refractivity contribution in [1.82, 2.24) is 4.57 Å². The van der Waals surface area contributed by atoms with Crippen LogP contribution in [0, 0.1) is 0 Å². The number of para-hydroxylation sites is 2. The molecule has 8 aromatic rings. The largest absolute Gasteiger partial charge is 0.486 e. The van der Waals surface area contributed by atoms with Crippen molar-refractivity contribution in [2.24, 2.45) is 0 Å². The molecule has 0 aliphatic heterocycles. The number of rotatable bonds is 5. The lowest BCUT2D eigenvalue weighted by atomic mass is 10.0. The summed E-state index contributed by atoms with van der Waals surface area (Å²) in [6.07, 6.45) is 0. The predicted molar refractivity (Wildman–Crippen MR) is 169 cm³/mol. The van der Waals surface area contributed by atoms with Gasteiger partial charge in [0.2, 0.25) is 0 Å². The van der Waals surface area contributed by atoms with Gasteiger partial charge in [0.05, 0.1) is 22.1 Å². The third kappa shape index (κ3) is 3.84. The lowest BCUT2D eigenvalue weighted by Gasteiger charge is -2.12. The van der Waals surface area contributed by atoms with E-state index < -0.39 is 0 Å². The molecule has 196 valence electrons. The average Bonchev–Trinajstić information content (AvgIpc) is 3.57. The van der Waals surface area contributed by atoms with Gasteiger partial charge in [-0.2, -0.15) is 0 Å². The minimum Gasteiger partial charge on any atom is -0.486 e. The first-order valence-corrected chi connectivity index (χ1v) is 13.7. The number of nitrogens with two attached hydrogens (primary N) is 1. The van der Waals surface area contributed by atoms with Crippen molar-refractivity contribution < 1.29 is 9.15 Å². The summed E-state index contributed by atoms with van der Waals surface area (Å²) in [7, 11) is 0. The van der Waals surface area contributed by atoms with E-state index in [1.54, 1.807) is 0 Å². The molecule has 41 heavy (non-hydrogen) atoms. The SMILES string of the molecule is Nc1ccc2oc3ccc(-c4ccccc4)cc3c2c1OCc1ccc(-n2c3ccccc3c3ccccc32)cc1. The van der Waals surface area contributed by atoms with E-state index in [2.05, 4.69) is 102 Å². The summed E-state index contributed by atoms with van der Waals surface area (Å²) in [5, 5.41) is 4.40. The van der Waals surface area contributed by atoms with Gasteiger partial charge < -0.3 is 19.5 Å². The Labute approximate surface area is 236 Å². The van der Waals surface area contributed by atoms with Crippen LogP contribution in [0.4, 0.5) is 5.69 Å². The van der Waals surface area contributed by atoms with E-state index in [1.165, 1.54) is 21.8 Å². The van der Waals surface area contributed by atoms with E-state index in [0.29, 0.717) is 18.0 Å². The van der Waals surface area contributed by atoms with Crippen LogP contribution in [0.25, 0.3) is 60.6 Å². The van der Waals surface area contributed by atoms with Crippen LogP contribution in [0.15, 0.2) is 138 Å². The Hall–Kier alpha value is -5.48. The lowest BCUT2D eigenvalue weighted by molar-refractivity contribution is 0.312. The maximum atomic E-state index is 6.47. The number of hydrogen-bond acceptors (Lipinski definition) is 3. The number of benzene rings is 6. The maximum Gasteiger partial charge on any atom is 0.154 e. The predicted octanol–water partition coefficient (Wildman–Crippen LogP) is 9.51. The van der Waals surface area contributed by atoms with Crippen LogP contribution < -0.4 is 10.5 Å². The Morgan fingerprint density at radius 2 is 1.24 bits per heavy atom. The molecule has 0 fully saturated rings. The highest BCUT2D eigenvalue weighted by atomic mass is 16.5. The second-order valence-electron chi connectivity index (χ2n) is 10.4. The van der Waals surface area contributed by atoms with E-state index in [0.717, 1.165) is 44.3 Å². The highest BCUT2D eigenvalue weighted by molar-refractivity contribution is 6.11. The number of nitrogen functional groups attached to an aromatic ring is 1. The topological polar surface area (TPSA) is 53.3 Å². The van der Waals surface area contributed by atoms with Crippen LogP contribution in [0.1, 0.15) is 5.56 Å². The third-order valence-electron chi connectivity index (χ3n) is 7.88. The molecule has 0 spiro atoms. The molecule has 0 aliphatic carbocycles. The van der Waals surface area contributed by atoms with Crippen LogP contribution in [0.2, 0.25) is 0 Å². The van der Waals surface area contributed by atoms with Crippen LogP contribution in [0.3, 0.4) is 0 Å². The Bertz CT molecular complexity index is 2150. The lowest BCUT2D eigenvalue weighted by Crippen LogP contribution is -2.00. The Morgan fingerprint density at radius 1 is 0.585 bits per heavy atom. The monoisotopic (exact) mass is 530 g/mol. The summed E-state index contributed by atoms with van der Waals surface area (Å²) in [6.45, 7) is 0.391. The molecule has 4 heteroatoms. The highest BCUT2D eigenvalue weighted by Gasteiger charge is 2.17. The number of fused-ring (bicyclic) bond motifs is 6. The first-order chi connectivity index (χ1) is 20.2. The molecule has 0 amide bonds. The molecule has 0 atom stereocenters. The maximum absolute atomic E-state index is 6.47. The zero-order valence-corrected chi connectivity index (χ0v) is 22.2. The van der Waals surface area contributed by atoms with Gasteiger partial charge in [-0.3, -0.25) is 0 Å². The number of anilines is 1. The fraction of sp³-hybridized carbons (Fsp3) is 0.0270. The summed E-state index contributed by atoms with van der Waals surface area (Å²) in [5.41, 5.74) is 15.5. The van der Waals surface area contributed by atoms with Gasteiger partial charge in [-0.15, -0.1) is 0 Å². The molecule has 0 aliphatic rings. The van der Waals surface area contributed by atoms with Crippen molar-refractivity contribution in [3.63, 3.8) is 0 Å². The number of hydrogen-bond donors (Lipinski definition) is 1. The van der Waals surface area contributed by atoms with Gasteiger partial charge in [0.15, 0.2) is 5.75 Å². The zero-order chi connectivity index (χ0) is 27.3. The van der Waals surface area contributed by atoms with Crippen LogP contribution >= 0.6 is 0 Å². The van der Waals surface area contributed by atoms with E-state index in [1.807, 2.05) is 36.4 Å². The number of aromatic nitrogens is 1. The Morgan fingerprint density at radius 3 is 1.98 bits per heavy atom. The third-order valence-corrected chi connectivity index (χ3v) is 7.88. The molecular weight excluding hydrogens is 504 g/mol. The number of nitrogens with zero attached hydrogens (tertiary/aromatic N) is 1. The molecule has 6 aromatic carbocycles. The fourth-order valence-corrected chi connectivity index (χ4v) is 5.92. The molecule has 4 nitrogen and oxygen atoms in total. The minimum absolute atomic E-state index is 0.391. The molecule has 0 unspecified atom stereocenters. The van der Waals surface area contributed by atoms with E-state index in [9.17, 15) is 0 Å². The number of ether oxygens (including phenoxy) is 1. The van der Waals surface area contributed by atoms with Gasteiger partial charge in [0.25, 0.3) is 0 Å². The summed E-state index contributed by atoms with van der Waals surface area (Å²) >= 11 is 0.